The Morgan fingerprint density at radius 2 is 1.79 bits per heavy atom. The smallest absolute Gasteiger partial charge is 0.224 e. The average molecular weight is 348 g/mol. The minimum atomic E-state index is -0.0548. The summed E-state index contributed by atoms with van der Waals surface area (Å²) in [6.07, 6.45) is 2.03. The molecule has 0 aliphatic heterocycles. The lowest BCUT2D eigenvalue weighted by atomic mass is 10.0. The number of ether oxygens (including phenoxy) is 2. The van der Waals surface area contributed by atoms with Crippen molar-refractivity contribution in [2.75, 3.05) is 19.5 Å². The molecule has 2 rings (SSSR count). The number of carbonyl (C=O) groups is 1. The third-order valence-electron chi connectivity index (χ3n) is 3.76. The summed E-state index contributed by atoms with van der Waals surface area (Å²) in [5, 5.41) is 3.41. The fraction of sp³-hybridized carbons (Fsp3) is 0.316. The molecule has 0 aromatic heterocycles. The molecule has 2 aromatic carbocycles. The van der Waals surface area contributed by atoms with E-state index in [-0.39, 0.29) is 5.91 Å². The van der Waals surface area contributed by atoms with Crippen LogP contribution in [0.5, 0.6) is 11.5 Å². The number of anilines is 1. The summed E-state index contributed by atoms with van der Waals surface area (Å²) >= 11 is 5.96. The first-order valence-corrected chi connectivity index (χ1v) is 8.18. The van der Waals surface area contributed by atoms with Gasteiger partial charge in [-0.25, -0.2) is 0 Å². The number of nitrogens with one attached hydrogen (secondary N) is 1. The summed E-state index contributed by atoms with van der Waals surface area (Å²) < 4.78 is 10.5. The highest BCUT2D eigenvalue weighted by Gasteiger charge is 2.09. The van der Waals surface area contributed by atoms with Crippen molar-refractivity contribution in [2.45, 2.75) is 26.2 Å². The highest BCUT2D eigenvalue weighted by molar-refractivity contribution is 6.31. The fourth-order valence-corrected chi connectivity index (χ4v) is 2.71. The van der Waals surface area contributed by atoms with Crippen LogP contribution in [-0.2, 0) is 11.2 Å². The molecular formula is C19H22ClNO3. The van der Waals surface area contributed by atoms with Crippen molar-refractivity contribution >= 4 is 23.2 Å². The van der Waals surface area contributed by atoms with Crippen LogP contribution in [0.1, 0.15) is 24.0 Å². The molecule has 0 spiro atoms. The number of methoxy groups -OCH3 is 2. The monoisotopic (exact) mass is 347 g/mol. The summed E-state index contributed by atoms with van der Waals surface area (Å²) in [5.41, 5.74) is 2.89. The number of rotatable bonds is 7. The Bertz CT molecular complexity index is 716. The van der Waals surface area contributed by atoms with Gasteiger partial charge in [-0.15, -0.1) is 0 Å². The molecule has 0 heterocycles. The minimum absolute atomic E-state index is 0.0548. The minimum Gasteiger partial charge on any atom is -0.496 e. The summed E-state index contributed by atoms with van der Waals surface area (Å²) in [5.74, 6) is 1.42. The molecule has 0 unspecified atom stereocenters. The van der Waals surface area contributed by atoms with Gasteiger partial charge in [0.05, 0.1) is 19.9 Å². The zero-order chi connectivity index (χ0) is 17.5. The summed E-state index contributed by atoms with van der Waals surface area (Å²) in [6, 6.07) is 11.2. The Labute approximate surface area is 147 Å². The van der Waals surface area contributed by atoms with Crippen molar-refractivity contribution in [1.82, 2.24) is 0 Å². The van der Waals surface area contributed by atoms with Crippen molar-refractivity contribution in [3.05, 3.63) is 52.5 Å². The third kappa shape index (κ3) is 4.90. The van der Waals surface area contributed by atoms with Gasteiger partial charge in [0.15, 0.2) is 0 Å². The molecule has 4 nitrogen and oxygen atoms in total. The van der Waals surface area contributed by atoms with Gasteiger partial charge in [0.1, 0.15) is 11.5 Å². The molecule has 2 aromatic rings. The van der Waals surface area contributed by atoms with Gasteiger partial charge in [0, 0.05) is 11.4 Å². The quantitative estimate of drug-likeness (QED) is 0.794. The Morgan fingerprint density at radius 1 is 1.08 bits per heavy atom. The first kappa shape index (κ1) is 18.1. The molecule has 0 bridgehead atoms. The average Bonchev–Trinajstić information content (AvgIpc) is 2.55. The number of halogens is 1. The number of benzene rings is 2. The standard InChI is InChI=1S/C19H22ClNO3/c1-13-11-14(7-9-17(13)23-2)5-4-6-19(22)21-16-12-15(20)8-10-18(16)24-3/h7-12H,4-6H2,1-3H3,(H,21,22). The molecule has 128 valence electrons. The molecule has 0 saturated heterocycles. The fourth-order valence-electron chi connectivity index (χ4n) is 2.54. The maximum atomic E-state index is 12.1. The highest BCUT2D eigenvalue weighted by atomic mass is 35.5. The first-order valence-electron chi connectivity index (χ1n) is 7.80. The molecule has 0 saturated carbocycles. The van der Waals surface area contributed by atoms with Crippen LogP contribution >= 0.6 is 11.6 Å². The van der Waals surface area contributed by atoms with Gasteiger partial charge >= 0.3 is 0 Å². The Kier molecular flexibility index (Phi) is 6.50. The van der Waals surface area contributed by atoms with E-state index in [1.807, 2.05) is 19.1 Å². The molecule has 1 N–H and O–H groups in total. The molecule has 5 heteroatoms. The number of amides is 1. The van der Waals surface area contributed by atoms with E-state index >= 15 is 0 Å². The largest absolute Gasteiger partial charge is 0.496 e. The third-order valence-corrected chi connectivity index (χ3v) is 4.00. The molecule has 0 aliphatic carbocycles. The Balaban J connectivity index is 1.88. The molecular weight excluding hydrogens is 326 g/mol. The molecule has 0 fully saturated rings. The molecule has 0 atom stereocenters. The van der Waals surface area contributed by atoms with Gasteiger partial charge < -0.3 is 14.8 Å². The van der Waals surface area contributed by atoms with Crippen molar-refractivity contribution < 1.29 is 14.3 Å². The molecule has 0 radical (unpaired) electrons. The van der Waals surface area contributed by atoms with Crippen molar-refractivity contribution in [3.8, 4) is 11.5 Å². The maximum Gasteiger partial charge on any atom is 0.224 e. The lowest BCUT2D eigenvalue weighted by Gasteiger charge is -2.11. The predicted octanol–water partition coefficient (Wildman–Crippen LogP) is 4.63. The second kappa shape index (κ2) is 8.60. The summed E-state index contributed by atoms with van der Waals surface area (Å²) in [7, 11) is 3.22. The summed E-state index contributed by atoms with van der Waals surface area (Å²) in [6.45, 7) is 2.01. The van der Waals surface area contributed by atoms with E-state index in [2.05, 4.69) is 11.4 Å². The van der Waals surface area contributed by atoms with Gasteiger partial charge in [-0.2, -0.15) is 0 Å². The van der Waals surface area contributed by atoms with E-state index in [0.29, 0.717) is 22.9 Å². The Morgan fingerprint density at radius 3 is 2.46 bits per heavy atom. The van der Waals surface area contributed by atoms with Crippen molar-refractivity contribution in [1.29, 1.82) is 0 Å². The topological polar surface area (TPSA) is 47.6 Å². The second-order valence-corrected chi connectivity index (χ2v) is 5.99. The molecule has 24 heavy (non-hydrogen) atoms. The molecule has 0 aliphatic rings. The summed E-state index contributed by atoms with van der Waals surface area (Å²) in [4.78, 5) is 12.1. The van der Waals surface area contributed by atoms with E-state index in [0.717, 1.165) is 24.2 Å². The van der Waals surface area contributed by atoms with Gasteiger partial charge in [0.25, 0.3) is 0 Å². The maximum absolute atomic E-state index is 12.1. The van der Waals surface area contributed by atoms with E-state index < -0.39 is 0 Å². The highest BCUT2D eigenvalue weighted by Crippen LogP contribution is 2.28. The first-order chi connectivity index (χ1) is 11.5. The molecule has 1 amide bonds. The van der Waals surface area contributed by atoms with E-state index in [1.165, 1.54) is 5.56 Å². The zero-order valence-electron chi connectivity index (χ0n) is 14.2. The van der Waals surface area contributed by atoms with E-state index in [1.54, 1.807) is 32.4 Å². The number of aryl methyl sites for hydroxylation is 2. The lowest BCUT2D eigenvalue weighted by molar-refractivity contribution is -0.116. The van der Waals surface area contributed by atoms with Crippen LogP contribution in [0.3, 0.4) is 0 Å². The van der Waals surface area contributed by atoms with E-state index in [4.69, 9.17) is 21.1 Å². The number of hydrogen-bond acceptors (Lipinski definition) is 3. The van der Waals surface area contributed by atoms with Crippen LogP contribution in [0.4, 0.5) is 5.69 Å². The number of hydrogen-bond donors (Lipinski definition) is 1. The van der Waals surface area contributed by atoms with Crippen LogP contribution in [0.2, 0.25) is 5.02 Å². The van der Waals surface area contributed by atoms with Crippen LogP contribution in [0, 0.1) is 6.92 Å². The van der Waals surface area contributed by atoms with Gasteiger partial charge in [0.2, 0.25) is 5.91 Å². The normalized spacial score (nSPS) is 10.3. The predicted molar refractivity (Wildman–Crippen MR) is 97.3 cm³/mol. The second-order valence-electron chi connectivity index (χ2n) is 5.55. The Hall–Kier alpha value is -2.20. The van der Waals surface area contributed by atoms with Gasteiger partial charge in [-0.3, -0.25) is 4.79 Å². The van der Waals surface area contributed by atoms with Crippen LogP contribution in [0.15, 0.2) is 36.4 Å². The van der Waals surface area contributed by atoms with Crippen LogP contribution in [0.25, 0.3) is 0 Å². The SMILES string of the molecule is COc1ccc(CCCC(=O)Nc2cc(Cl)ccc2OC)cc1C. The number of carbonyl (C=O) groups excluding carboxylic acids is 1. The van der Waals surface area contributed by atoms with Gasteiger partial charge in [-0.05, 0) is 55.2 Å². The van der Waals surface area contributed by atoms with Crippen molar-refractivity contribution in [3.63, 3.8) is 0 Å². The van der Waals surface area contributed by atoms with E-state index in [9.17, 15) is 4.79 Å². The van der Waals surface area contributed by atoms with Gasteiger partial charge in [-0.1, -0.05) is 23.7 Å². The lowest BCUT2D eigenvalue weighted by Crippen LogP contribution is -2.12. The van der Waals surface area contributed by atoms with Crippen LogP contribution in [-0.4, -0.2) is 20.1 Å². The van der Waals surface area contributed by atoms with Crippen LogP contribution < -0.4 is 14.8 Å². The zero-order valence-corrected chi connectivity index (χ0v) is 14.9. The van der Waals surface area contributed by atoms with Crippen molar-refractivity contribution in [2.24, 2.45) is 0 Å².